The molecule has 1 amide bonds. The summed E-state index contributed by atoms with van der Waals surface area (Å²) in [6.45, 7) is 6.00. The molecule has 0 saturated carbocycles. The fourth-order valence-electron chi connectivity index (χ4n) is 1.50. The summed E-state index contributed by atoms with van der Waals surface area (Å²) in [6.07, 6.45) is 2.54. The quantitative estimate of drug-likeness (QED) is 0.499. The van der Waals surface area contributed by atoms with Gasteiger partial charge in [-0.2, -0.15) is 0 Å². The molecular weight excluding hydrogens is 262 g/mol. The number of carboxylic acids is 1. The predicted molar refractivity (Wildman–Crippen MR) is 74.2 cm³/mol. The third-order valence-corrected chi connectivity index (χ3v) is 2.37. The molecular formula is C14H25NO5. The van der Waals surface area contributed by atoms with Crippen molar-refractivity contribution in [3.05, 3.63) is 0 Å². The first-order valence-electron chi connectivity index (χ1n) is 6.91. The molecule has 6 nitrogen and oxygen atoms in total. The highest BCUT2D eigenvalue weighted by Crippen LogP contribution is 2.10. The van der Waals surface area contributed by atoms with Crippen LogP contribution < -0.4 is 5.32 Å². The lowest BCUT2D eigenvalue weighted by atomic mass is 10.1. The lowest BCUT2D eigenvalue weighted by Gasteiger charge is -2.19. The van der Waals surface area contributed by atoms with Crippen molar-refractivity contribution in [2.75, 3.05) is 6.54 Å². The molecule has 0 aromatic carbocycles. The van der Waals surface area contributed by atoms with Crippen molar-refractivity contribution in [3.8, 4) is 0 Å². The van der Waals surface area contributed by atoms with Crippen molar-refractivity contribution >= 4 is 17.8 Å². The van der Waals surface area contributed by atoms with Crippen LogP contribution in [0.5, 0.6) is 0 Å². The molecule has 6 heteroatoms. The summed E-state index contributed by atoms with van der Waals surface area (Å²) in [5, 5.41) is 11.1. The summed E-state index contributed by atoms with van der Waals surface area (Å²) in [5.74, 6) is -1.43. The molecule has 0 saturated heterocycles. The standard InChI is InChI=1S/C14H25NO5/c1-14(2,3)20-13(19)7-5-4-6-10-15-11(16)8-9-12(17)18/h4-10H2,1-3H3,(H,15,16)(H,17,18). The van der Waals surface area contributed by atoms with Crippen molar-refractivity contribution in [3.63, 3.8) is 0 Å². The molecule has 0 bridgehead atoms. The van der Waals surface area contributed by atoms with Gasteiger partial charge in [0, 0.05) is 19.4 Å². The number of unbranched alkanes of at least 4 members (excludes halogenated alkanes) is 2. The number of nitrogens with one attached hydrogen (secondary N) is 1. The summed E-state index contributed by atoms with van der Waals surface area (Å²) in [6, 6.07) is 0. The maximum absolute atomic E-state index is 11.4. The van der Waals surface area contributed by atoms with E-state index in [2.05, 4.69) is 5.32 Å². The van der Waals surface area contributed by atoms with E-state index in [0.29, 0.717) is 13.0 Å². The Bertz CT molecular complexity index is 333. The van der Waals surface area contributed by atoms with Gasteiger partial charge in [-0.1, -0.05) is 6.42 Å². The molecule has 0 aromatic rings. The number of aliphatic carboxylic acids is 1. The summed E-state index contributed by atoms with van der Waals surface area (Å²) < 4.78 is 5.17. The monoisotopic (exact) mass is 287 g/mol. The molecule has 0 rings (SSSR count). The third-order valence-electron chi connectivity index (χ3n) is 2.37. The third kappa shape index (κ3) is 12.9. The van der Waals surface area contributed by atoms with Crippen LogP contribution in [0.2, 0.25) is 0 Å². The highest BCUT2D eigenvalue weighted by Gasteiger charge is 2.15. The summed E-state index contributed by atoms with van der Waals surface area (Å²) in [5.41, 5.74) is -0.449. The molecule has 0 aliphatic rings. The number of esters is 1. The Kier molecular flexibility index (Phi) is 8.59. The van der Waals surface area contributed by atoms with Crippen LogP contribution in [0.15, 0.2) is 0 Å². The molecule has 0 unspecified atom stereocenters. The van der Waals surface area contributed by atoms with E-state index in [1.807, 2.05) is 20.8 Å². The van der Waals surface area contributed by atoms with Gasteiger partial charge in [0.2, 0.25) is 5.91 Å². The summed E-state index contributed by atoms with van der Waals surface area (Å²) in [4.78, 5) is 32.9. The molecule has 0 aromatic heterocycles. The minimum atomic E-state index is -0.975. The zero-order valence-electron chi connectivity index (χ0n) is 12.5. The molecule has 0 fully saturated rings. The van der Waals surface area contributed by atoms with Gasteiger partial charge in [0.05, 0.1) is 6.42 Å². The first-order valence-corrected chi connectivity index (χ1v) is 6.91. The van der Waals surface area contributed by atoms with E-state index in [9.17, 15) is 14.4 Å². The Labute approximate surface area is 119 Å². The Hall–Kier alpha value is -1.59. The van der Waals surface area contributed by atoms with Crippen LogP contribution in [0.3, 0.4) is 0 Å². The molecule has 0 atom stereocenters. The fraction of sp³-hybridized carbons (Fsp3) is 0.786. The number of carbonyl (C=O) groups is 3. The molecule has 0 aliphatic heterocycles. The Morgan fingerprint density at radius 3 is 2.20 bits per heavy atom. The SMILES string of the molecule is CC(C)(C)OC(=O)CCCCCNC(=O)CCC(=O)O. The number of rotatable bonds is 9. The van der Waals surface area contributed by atoms with Crippen LogP contribution in [0.25, 0.3) is 0 Å². The number of carbonyl (C=O) groups excluding carboxylic acids is 2. The second-order valence-electron chi connectivity index (χ2n) is 5.64. The zero-order valence-corrected chi connectivity index (χ0v) is 12.5. The normalized spacial score (nSPS) is 10.9. The largest absolute Gasteiger partial charge is 0.481 e. The topological polar surface area (TPSA) is 92.7 Å². The molecule has 116 valence electrons. The molecule has 0 radical (unpaired) electrons. The van der Waals surface area contributed by atoms with Crippen LogP contribution in [-0.2, 0) is 19.1 Å². The number of amides is 1. The van der Waals surface area contributed by atoms with Gasteiger partial charge in [0.25, 0.3) is 0 Å². The molecule has 0 spiro atoms. The fourth-order valence-corrected chi connectivity index (χ4v) is 1.50. The first-order chi connectivity index (χ1) is 9.20. The van der Waals surface area contributed by atoms with Crippen molar-refractivity contribution in [2.24, 2.45) is 0 Å². The van der Waals surface area contributed by atoms with E-state index in [1.165, 1.54) is 0 Å². The Morgan fingerprint density at radius 2 is 1.65 bits per heavy atom. The average molecular weight is 287 g/mol. The first kappa shape index (κ1) is 18.4. The summed E-state index contributed by atoms with van der Waals surface area (Å²) in [7, 11) is 0. The van der Waals surface area contributed by atoms with Gasteiger partial charge in [-0.25, -0.2) is 0 Å². The minimum Gasteiger partial charge on any atom is -0.481 e. The van der Waals surface area contributed by atoms with E-state index >= 15 is 0 Å². The average Bonchev–Trinajstić information content (AvgIpc) is 2.28. The van der Waals surface area contributed by atoms with Gasteiger partial charge in [-0.05, 0) is 33.6 Å². The Morgan fingerprint density at radius 1 is 1.00 bits per heavy atom. The highest BCUT2D eigenvalue weighted by molar-refractivity contribution is 5.80. The van der Waals surface area contributed by atoms with E-state index in [0.717, 1.165) is 19.3 Å². The molecule has 20 heavy (non-hydrogen) atoms. The lowest BCUT2D eigenvalue weighted by molar-refractivity contribution is -0.155. The molecule has 0 aliphatic carbocycles. The van der Waals surface area contributed by atoms with Crippen molar-refractivity contribution in [1.29, 1.82) is 0 Å². The maximum Gasteiger partial charge on any atom is 0.306 e. The molecule has 2 N–H and O–H groups in total. The maximum atomic E-state index is 11.4. The van der Waals surface area contributed by atoms with Crippen LogP contribution in [0.1, 0.15) is 59.3 Å². The van der Waals surface area contributed by atoms with Crippen LogP contribution in [0.4, 0.5) is 0 Å². The van der Waals surface area contributed by atoms with E-state index < -0.39 is 11.6 Å². The van der Waals surface area contributed by atoms with Crippen LogP contribution in [0, 0.1) is 0 Å². The smallest absolute Gasteiger partial charge is 0.306 e. The van der Waals surface area contributed by atoms with Gasteiger partial charge in [-0.3, -0.25) is 14.4 Å². The molecule has 0 heterocycles. The highest BCUT2D eigenvalue weighted by atomic mass is 16.6. The van der Waals surface area contributed by atoms with Gasteiger partial charge in [0.1, 0.15) is 5.60 Å². The second-order valence-corrected chi connectivity index (χ2v) is 5.64. The van der Waals surface area contributed by atoms with Crippen LogP contribution in [-0.4, -0.2) is 35.1 Å². The number of hydrogen-bond donors (Lipinski definition) is 2. The van der Waals surface area contributed by atoms with E-state index in [-0.39, 0.29) is 24.7 Å². The van der Waals surface area contributed by atoms with Crippen molar-refractivity contribution in [1.82, 2.24) is 5.32 Å². The zero-order chi connectivity index (χ0) is 15.6. The van der Waals surface area contributed by atoms with Crippen molar-refractivity contribution in [2.45, 2.75) is 64.9 Å². The summed E-state index contributed by atoms with van der Waals surface area (Å²) >= 11 is 0. The predicted octanol–water partition coefficient (Wildman–Crippen LogP) is 1.87. The van der Waals surface area contributed by atoms with Crippen molar-refractivity contribution < 1.29 is 24.2 Å². The van der Waals surface area contributed by atoms with E-state index in [1.54, 1.807) is 0 Å². The van der Waals surface area contributed by atoms with Gasteiger partial charge in [-0.15, -0.1) is 0 Å². The van der Waals surface area contributed by atoms with Gasteiger partial charge < -0.3 is 15.2 Å². The van der Waals surface area contributed by atoms with Gasteiger partial charge in [0.15, 0.2) is 0 Å². The van der Waals surface area contributed by atoms with Crippen LogP contribution >= 0.6 is 0 Å². The lowest BCUT2D eigenvalue weighted by Crippen LogP contribution is -2.25. The number of hydrogen-bond acceptors (Lipinski definition) is 4. The van der Waals surface area contributed by atoms with Gasteiger partial charge >= 0.3 is 11.9 Å². The Balaban J connectivity index is 3.47. The minimum absolute atomic E-state index is 0.00718. The number of ether oxygens (including phenoxy) is 1. The van der Waals surface area contributed by atoms with E-state index in [4.69, 9.17) is 9.84 Å². The number of carboxylic acid groups (broad SMARTS) is 1. The second kappa shape index (κ2) is 9.34.